The fraction of sp³-hybridized carbons (Fsp3) is 0.263. The third-order valence-corrected chi connectivity index (χ3v) is 3.85. The molecule has 0 aliphatic heterocycles. The van der Waals surface area contributed by atoms with E-state index in [1.807, 2.05) is 59.1 Å². The average molecular weight is 349 g/mol. The van der Waals surface area contributed by atoms with Crippen LogP contribution >= 0.6 is 0 Å². The zero-order valence-corrected chi connectivity index (χ0v) is 15.7. The molecule has 2 heterocycles. The normalized spacial score (nSPS) is 11.1. The van der Waals surface area contributed by atoms with Crippen molar-refractivity contribution in [2.75, 3.05) is 24.4 Å². The molecular formula is C19H23N7. The molecule has 0 spiro atoms. The standard InChI is InChI=1S/C19H23N7/c1-13-10-14(2)26(24-13)19-11-18(21-15(3)22-19)23-20-12-16-6-8-17(9-7-16)25(4)5/h6-12H,1-5H3,(H,21,22,23)/b20-12-. The number of hydrogen-bond acceptors (Lipinski definition) is 6. The second-order valence-corrected chi connectivity index (χ2v) is 6.35. The van der Waals surface area contributed by atoms with Gasteiger partial charge in [-0.05, 0) is 44.5 Å². The summed E-state index contributed by atoms with van der Waals surface area (Å²) in [6.45, 7) is 5.81. The largest absolute Gasteiger partial charge is 0.378 e. The van der Waals surface area contributed by atoms with E-state index in [2.05, 4.69) is 42.6 Å². The Morgan fingerprint density at radius 2 is 1.77 bits per heavy atom. The lowest BCUT2D eigenvalue weighted by atomic mass is 10.2. The smallest absolute Gasteiger partial charge is 0.159 e. The van der Waals surface area contributed by atoms with E-state index < -0.39 is 0 Å². The van der Waals surface area contributed by atoms with Crippen LogP contribution in [-0.2, 0) is 0 Å². The van der Waals surface area contributed by atoms with Crippen LogP contribution in [0.4, 0.5) is 11.5 Å². The molecular weight excluding hydrogens is 326 g/mol. The van der Waals surface area contributed by atoms with Gasteiger partial charge in [0.1, 0.15) is 5.82 Å². The Morgan fingerprint density at radius 3 is 2.38 bits per heavy atom. The Labute approximate surface area is 153 Å². The van der Waals surface area contributed by atoms with E-state index in [0.29, 0.717) is 11.6 Å². The van der Waals surface area contributed by atoms with Crippen LogP contribution in [0.1, 0.15) is 22.8 Å². The van der Waals surface area contributed by atoms with Gasteiger partial charge in [0.2, 0.25) is 0 Å². The van der Waals surface area contributed by atoms with Gasteiger partial charge in [-0.1, -0.05) is 12.1 Å². The van der Waals surface area contributed by atoms with E-state index >= 15 is 0 Å². The second-order valence-electron chi connectivity index (χ2n) is 6.35. The molecule has 1 aromatic carbocycles. The van der Waals surface area contributed by atoms with E-state index in [0.717, 1.165) is 28.5 Å². The van der Waals surface area contributed by atoms with E-state index in [1.165, 1.54) is 0 Å². The zero-order valence-electron chi connectivity index (χ0n) is 15.7. The predicted molar refractivity (Wildman–Crippen MR) is 105 cm³/mol. The highest BCUT2D eigenvalue weighted by molar-refractivity contribution is 5.80. The van der Waals surface area contributed by atoms with Crippen LogP contribution < -0.4 is 10.3 Å². The van der Waals surface area contributed by atoms with Crippen LogP contribution in [0.3, 0.4) is 0 Å². The summed E-state index contributed by atoms with van der Waals surface area (Å²) in [6.07, 6.45) is 1.76. The Morgan fingerprint density at radius 1 is 1.04 bits per heavy atom. The van der Waals surface area contributed by atoms with Gasteiger partial charge in [-0.2, -0.15) is 10.2 Å². The van der Waals surface area contributed by atoms with Crippen molar-refractivity contribution < 1.29 is 0 Å². The highest BCUT2D eigenvalue weighted by Gasteiger charge is 2.08. The van der Waals surface area contributed by atoms with Gasteiger partial charge in [0.25, 0.3) is 0 Å². The number of anilines is 2. The van der Waals surface area contributed by atoms with E-state index in [-0.39, 0.29) is 0 Å². The first-order valence-corrected chi connectivity index (χ1v) is 8.38. The fourth-order valence-corrected chi connectivity index (χ4v) is 2.61. The highest BCUT2D eigenvalue weighted by atomic mass is 15.3. The number of nitrogens with zero attached hydrogens (tertiary/aromatic N) is 6. The first kappa shape index (κ1) is 17.6. The molecule has 2 aromatic heterocycles. The summed E-state index contributed by atoms with van der Waals surface area (Å²) in [7, 11) is 4.03. The van der Waals surface area contributed by atoms with Crippen molar-refractivity contribution in [3.05, 3.63) is 59.2 Å². The highest BCUT2D eigenvalue weighted by Crippen LogP contribution is 2.14. The van der Waals surface area contributed by atoms with Crippen LogP contribution in [0.5, 0.6) is 0 Å². The monoisotopic (exact) mass is 349 g/mol. The number of hydrogen-bond donors (Lipinski definition) is 1. The lowest BCUT2D eigenvalue weighted by Gasteiger charge is -2.11. The molecule has 0 unspecified atom stereocenters. The summed E-state index contributed by atoms with van der Waals surface area (Å²) in [5.74, 6) is 2.00. The van der Waals surface area contributed by atoms with Gasteiger partial charge in [-0.3, -0.25) is 5.43 Å². The van der Waals surface area contributed by atoms with Crippen molar-refractivity contribution in [1.82, 2.24) is 19.7 Å². The third-order valence-electron chi connectivity index (χ3n) is 3.85. The maximum atomic E-state index is 4.47. The number of aryl methyl sites for hydroxylation is 3. The molecule has 1 N–H and O–H groups in total. The molecule has 3 aromatic rings. The lowest BCUT2D eigenvalue weighted by Crippen LogP contribution is -2.08. The van der Waals surface area contributed by atoms with Gasteiger partial charge in [0.05, 0.1) is 11.9 Å². The summed E-state index contributed by atoms with van der Waals surface area (Å²) < 4.78 is 1.80. The maximum absolute atomic E-state index is 4.47. The number of hydrazone groups is 1. The summed E-state index contributed by atoms with van der Waals surface area (Å²) in [6, 6.07) is 12.0. The predicted octanol–water partition coefficient (Wildman–Crippen LogP) is 3.10. The Kier molecular flexibility index (Phi) is 4.97. The van der Waals surface area contributed by atoms with Gasteiger partial charge < -0.3 is 4.90 Å². The molecule has 0 amide bonds. The van der Waals surface area contributed by atoms with Gasteiger partial charge in [0, 0.05) is 31.5 Å². The van der Waals surface area contributed by atoms with Crippen molar-refractivity contribution in [3.63, 3.8) is 0 Å². The SMILES string of the molecule is Cc1cc(C)n(-c2cc(N/N=C\c3ccc(N(C)C)cc3)nc(C)n2)n1. The molecule has 0 aliphatic carbocycles. The molecule has 0 bridgehead atoms. The van der Waals surface area contributed by atoms with Gasteiger partial charge in [0.15, 0.2) is 11.6 Å². The molecule has 7 heteroatoms. The second kappa shape index (κ2) is 7.35. The van der Waals surface area contributed by atoms with E-state index in [9.17, 15) is 0 Å². The summed E-state index contributed by atoms with van der Waals surface area (Å²) in [4.78, 5) is 10.9. The topological polar surface area (TPSA) is 71.2 Å². The minimum Gasteiger partial charge on any atom is -0.378 e. The van der Waals surface area contributed by atoms with Crippen LogP contribution in [0.15, 0.2) is 41.5 Å². The van der Waals surface area contributed by atoms with E-state index in [4.69, 9.17) is 0 Å². The van der Waals surface area contributed by atoms with Gasteiger partial charge >= 0.3 is 0 Å². The van der Waals surface area contributed by atoms with Crippen molar-refractivity contribution in [3.8, 4) is 5.82 Å². The van der Waals surface area contributed by atoms with Gasteiger partial charge in [-0.25, -0.2) is 14.6 Å². The Hall–Kier alpha value is -3.22. The summed E-state index contributed by atoms with van der Waals surface area (Å²) in [5.41, 5.74) is 7.11. The van der Waals surface area contributed by atoms with Crippen molar-refractivity contribution in [1.29, 1.82) is 0 Å². The third kappa shape index (κ3) is 4.05. The minimum atomic E-state index is 0.626. The Bertz CT molecular complexity index is 924. The minimum absolute atomic E-state index is 0.626. The van der Waals surface area contributed by atoms with Crippen LogP contribution in [0, 0.1) is 20.8 Å². The molecule has 134 valence electrons. The molecule has 0 saturated carbocycles. The summed E-state index contributed by atoms with van der Waals surface area (Å²) in [5, 5.41) is 8.75. The summed E-state index contributed by atoms with van der Waals surface area (Å²) >= 11 is 0. The number of rotatable bonds is 5. The maximum Gasteiger partial charge on any atom is 0.159 e. The average Bonchev–Trinajstić information content (AvgIpc) is 2.93. The number of nitrogens with one attached hydrogen (secondary N) is 1. The first-order valence-electron chi connectivity index (χ1n) is 8.38. The van der Waals surface area contributed by atoms with Gasteiger partial charge in [-0.15, -0.1) is 0 Å². The number of aromatic nitrogens is 4. The van der Waals surface area contributed by atoms with E-state index in [1.54, 1.807) is 10.9 Å². The molecule has 0 atom stereocenters. The fourth-order valence-electron chi connectivity index (χ4n) is 2.61. The molecule has 0 radical (unpaired) electrons. The number of benzene rings is 1. The molecule has 0 aliphatic rings. The molecule has 26 heavy (non-hydrogen) atoms. The zero-order chi connectivity index (χ0) is 18.7. The molecule has 7 nitrogen and oxygen atoms in total. The lowest BCUT2D eigenvalue weighted by molar-refractivity contribution is 0.793. The molecule has 0 fully saturated rings. The Balaban J connectivity index is 1.76. The van der Waals surface area contributed by atoms with Crippen molar-refractivity contribution in [2.45, 2.75) is 20.8 Å². The quantitative estimate of drug-likeness (QED) is 0.566. The van der Waals surface area contributed by atoms with Crippen LogP contribution in [0.2, 0.25) is 0 Å². The van der Waals surface area contributed by atoms with Crippen LogP contribution in [-0.4, -0.2) is 40.1 Å². The van der Waals surface area contributed by atoms with Crippen LogP contribution in [0.25, 0.3) is 5.82 Å². The van der Waals surface area contributed by atoms with Crippen molar-refractivity contribution in [2.24, 2.45) is 5.10 Å². The molecule has 3 rings (SSSR count). The molecule has 0 saturated heterocycles. The first-order chi connectivity index (χ1) is 12.4. The van der Waals surface area contributed by atoms with Crippen molar-refractivity contribution >= 4 is 17.7 Å².